The van der Waals surface area contributed by atoms with E-state index in [0.29, 0.717) is 6.10 Å². The molecule has 1 aromatic heterocycles. The van der Waals surface area contributed by atoms with Crippen LogP contribution in [0.15, 0.2) is 18.2 Å². The zero-order chi connectivity index (χ0) is 12.5. The molecule has 0 radical (unpaired) electrons. The lowest BCUT2D eigenvalue weighted by molar-refractivity contribution is 0.0292. The molecule has 1 aliphatic rings. The second-order valence-corrected chi connectivity index (χ2v) is 5.16. The van der Waals surface area contributed by atoms with Gasteiger partial charge in [-0.1, -0.05) is 6.07 Å². The molecule has 1 saturated heterocycles. The molecule has 3 nitrogen and oxygen atoms in total. The molecule has 18 heavy (non-hydrogen) atoms. The number of hydrogen-bond donors (Lipinski definition) is 2. The van der Waals surface area contributed by atoms with Crippen LogP contribution < -0.4 is 5.32 Å². The van der Waals surface area contributed by atoms with Crippen molar-refractivity contribution in [3.05, 3.63) is 35.0 Å². The number of ether oxygens (including phenoxy) is 1. The highest BCUT2D eigenvalue weighted by molar-refractivity contribution is 5.85. The van der Waals surface area contributed by atoms with Gasteiger partial charge in [0.1, 0.15) is 0 Å². The normalized spacial score (nSPS) is 20.4. The molecule has 2 aromatic rings. The highest BCUT2D eigenvalue weighted by Crippen LogP contribution is 2.23. The molecule has 3 heteroatoms. The summed E-state index contributed by atoms with van der Waals surface area (Å²) in [5.74, 6) is 0. The van der Waals surface area contributed by atoms with Crippen LogP contribution in [0, 0.1) is 13.8 Å². The number of morpholine rings is 1. The quantitative estimate of drug-likeness (QED) is 0.850. The van der Waals surface area contributed by atoms with Crippen LogP contribution in [0.2, 0.25) is 0 Å². The van der Waals surface area contributed by atoms with Crippen LogP contribution in [0.3, 0.4) is 0 Å². The van der Waals surface area contributed by atoms with E-state index in [1.807, 2.05) is 0 Å². The molecule has 2 N–H and O–H groups in total. The van der Waals surface area contributed by atoms with Crippen molar-refractivity contribution < 1.29 is 4.74 Å². The van der Waals surface area contributed by atoms with Gasteiger partial charge in [0.25, 0.3) is 0 Å². The Balaban J connectivity index is 1.85. The average molecular weight is 244 g/mol. The molecule has 1 unspecified atom stereocenters. The van der Waals surface area contributed by atoms with Crippen LogP contribution in [0.1, 0.15) is 16.8 Å². The maximum absolute atomic E-state index is 5.76. The molecule has 96 valence electrons. The van der Waals surface area contributed by atoms with E-state index in [1.165, 1.54) is 27.7 Å². The first-order valence-corrected chi connectivity index (χ1v) is 6.64. The maximum Gasteiger partial charge on any atom is 0.0740 e. The summed E-state index contributed by atoms with van der Waals surface area (Å²) in [6, 6.07) is 6.68. The molecule has 1 atom stereocenters. The zero-order valence-electron chi connectivity index (χ0n) is 11.0. The number of rotatable bonds is 2. The summed E-state index contributed by atoms with van der Waals surface area (Å²) in [7, 11) is 0. The molecule has 0 saturated carbocycles. The van der Waals surface area contributed by atoms with Crippen molar-refractivity contribution >= 4 is 10.9 Å². The molecule has 2 heterocycles. The molecule has 0 amide bonds. The van der Waals surface area contributed by atoms with Crippen LogP contribution in [-0.2, 0) is 11.2 Å². The van der Waals surface area contributed by atoms with Gasteiger partial charge in [-0.2, -0.15) is 0 Å². The lowest BCUT2D eigenvalue weighted by Gasteiger charge is -2.23. The maximum atomic E-state index is 5.76. The van der Waals surface area contributed by atoms with E-state index >= 15 is 0 Å². The zero-order valence-corrected chi connectivity index (χ0v) is 11.0. The summed E-state index contributed by atoms with van der Waals surface area (Å²) < 4.78 is 5.76. The number of benzene rings is 1. The van der Waals surface area contributed by atoms with Crippen molar-refractivity contribution in [2.45, 2.75) is 26.4 Å². The lowest BCUT2D eigenvalue weighted by Crippen LogP contribution is -2.39. The van der Waals surface area contributed by atoms with Crippen molar-refractivity contribution in [3.63, 3.8) is 0 Å². The number of H-pyrrole nitrogens is 1. The second-order valence-electron chi connectivity index (χ2n) is 5.16. The summed E-state index contributed by atoms with van der Waals surface area (Å²) in [6.07, 6.45) is 1.31. The van der Waals surface area contributed by atoms with Crippen LogP contribution in [0.25, 0.3) is 10.9 Å². The lowest BCUT2D eigenvalue weighted by atomic mass is 10.0. The highest BCUT2D eigenvalue weighted by Gasteiger charge is 2.14. The van der Waals surface area contributed by atoms with Gasteiger partial charge in [-0.05, 0) is 43.5 Å². The SMILES string of the molecule is Cc1[nH]c2ccc(CC3CNCCO3)cc2c1C. The minimum Gasteiger partial charge on any atom is -0.375 e. The van der Waals surface area contributed by atoms with Gasteiger partial charge in [0, 0.05) is 29.7 Å². The summed E-state index contributed by atoms with van der Waals surface area (Å²) in [5.41, 5.74) is 5.21. The van der Waals surface area contributed by atoms with Crippen LogP contribution in [0.4, 0.5) is 0 Å². The van der Waals surface area contributed by atoms with E-state index in [0.717, 1.165) is 26.1 Å². The first-order chi connectivity index (χ1) is 8.74. The first kappa shape index (κ1) is 11.8. The van der Waals surface area contributed by atoms with E-state index in [2.05, 4.69) is 42.3 Å². The molecule has 1 aromatic carbocycles. The smallest absolute Gasteiger partial charge is 0.0740 e. The van der Waals surface area contributed by atoms with E-state index in [4.69, 9.17) is 4.74 Å². The topological polar surface area (TPSA) is 37.0 Å². The van der Waals surface area contributed by atoms with Gasteiger partial charge in [0.2, 0.25) is 0 Å². The van der Waals surface area contributed by atoms with E-state index in [1.54, 1.807) is 0 Å². The Morgan fingerprint density at radius 3 is 3.00 bits per heavy atom. The van der Waals surface area contributed by atoms with Gasteiger partial charge in [-0.15, -0.1) is 0 Å². The van der Waals surface area contributed by atoms with Crippen molar-refractivity contribution in [1.82, 2.24) is 10.3 Å². The van der Waals surface area contributed by atoms with Crippen molar-refractivity contribution in [2.24, 2.45) is 0 Å². The van der Waals surface area contributed by atoms with Crippen molar-refractivity contribution in [2.75, 3.05) is 19.7 Å². The Hall–Kier alpha value is -1.32. The third-order valence-corrected chi connectivity index (χ3v) is 3.84. The standard InChI is InChI=1S/C15H20N2O/c1-10-11(2)17-15-4-3-12(8-14(10)15)7-13-9-16-5-6-18-13/h3-4,8,13,16-17H,5-7,9H2,1-2H3. The second kappa shape index (κ2) is 4.75. The molecule has 0 aliphatic carbocycles. The number of hydrogen-bond acceptors (Lipinski definition) is 2. The first-order valence-electron chi connectivity index (χ1n) is 6.64. The number of fused-ring (bicyclic) bond motifs is 1. The van der Waals surface area contributed by atoms with Gasteiger partial charge in [-0.25, -0.2) is 0 Å². The fraction of sp³-hybridized carbons (Fsp3) is 0.467. The third-order valence-electron chi connectivity index (χ3n) is 3.84. The summed E-state index contributed by atoms with van der Waals surface area (Å²) in [4.78, 5) is 3.41. The number of aryl methyl sites for hydroxylation is 2. The summed E-state index contributed by atoms with van der Waals surface area (Å²) >= 11 is 0. The average Bonchev–Trinajstić information content (AvgIpc) is 2.67. The Bertz CT molecular complexity index is 553. The highest BCUT2D eigenvalue weighted by atomic mass is 16.5. The molecule has 0 spiro atoms. The Labute approximate surface area is 108 Å². The van der Waals surface area contributed by atoms with Crippen molar-refractivity contribution in [3.8, 4) is 0 Å². The Morgan fingerprint density at radius 1 is 1.33 bits per heavy atom. The molecular formula is C15H20N2O. The van der Waals surface area contributed by atoms with Gasteiger partial charge < -0.3 is 15.0 Å². The van der Waals surface area contributed by atoms with Crippen LogP contribution >= 0.6 is 0 Å². The minimum absolute atomic E-state index is 0.316. The van der Waals surface area contributed by atoms with Crippen LogP contribution in [0.5, 0.6) is 0 Å². The molecule has 1 aliphatic heterocycles. The largest absolute Gasteiger partial charge is 0.375 e. The van der Waals surface area contributed by atoms with Gasteiger partial charge in [0.05, 0.1) is 12.7 Å². The van der Waals surface area contributed by atoms with Gasteiger partial charge in [-0.3, -0.25) is 0 Å². The van der Waals surface area contributed by atoms with Gasteiger partial charge in [0.15, 0.2) is 0 Å². The van der Waals surface area contributed by atoms with Crippen molar-refractivity contribution in [1.29, 1.82) is 0 Å². The molecule has 3 rings (SSSR count). The van der Waals surface area contributed by atoms with E-state index in [-0.39, 0.29) is 0 Å². The fourth-order valence-electron chi connectivity index (χ4n) is 2.65. The summed E-state index contributed by atoms with van der Waals surface area (Å²) in [6.45, 7) is 7.07. The monoisotopic (exact) mass is 244 g/mol. The Morgan fingerprint density at radius 2 is 2.22 bits per heavy atom. The molecule has 0 bridgehead atoms. The number of nitrogens with one attached hydrogen (secondary N) is 2. The number of aromatic nitrogens is 1. The molecular weight excluding hydrogens is 224 g/mol. The minimum atomic E-state index is 0.316. The Kier molecular flexibility index (Phi) is 3.10. The fourth-order valence-corrected chi connectivity index (χ4v) is 2.65. The predicted molar refractivity (Wildman–Crippen MR) is 74.1 cm³/mol. The van der Waals surface area contributed by atoms with E-state index < -0.39 is 0 Å². The third kappa shape index (κ3) is 2.16. The van der Waals surface area contributed by atoms with Crippen LogP contribution in [-0.4, -0.2) is 30.8 Å². The van der Waals surface area contributed by atoms with E-state index in [9.17, 15) is 0 Å². The summed E-state index contributed by atoms with van der Waals surface area (Å²) in [5, 5.41) is 4.72. The van der Waals surface area contributed by atoms with Gasteiger partial charge >= 0.3 is 0 Å². The number of aromatic amines is 1. The molecule has 1 fully saturated rings. The predicted octanol–water partition coefficient (Wildman–Crippen LogP) is 2.32.